The molecule has 1 amide bonds. The average Bonchev–Trinajstić information content (AvgIpc) is 3.17. The number of amides is 1. The van der Waals surface area contributed by atoms with E-state index >= 15 is 0 Å². The predicted molar refractivity (Wildman–Crippen MR) is 136 cm³/mol. The van der Waals surface area contributed by atoms with Gasteiger partial charge in [-0.25, -0.2) is 13.4 Å². The van der Waals surface area contributed by atoms with E-state index in [0.717, 1.165) is 19.8 Å². The lowest BCUT2D eigenvalue weighted by Crippen LogP contribution is -2.34. The molecule has 7 nitrogen and oxygen atoms in total. The molecule has 1 aromatic carbocycles. The van der Waals surface area contributed by atoms with Crippen LogP contribution in [0.4, 0.5) is 13.2 Å². The van der Waals surface area contributed by atoms with Gasteiger partial charge in [-0.15, -0.1) is 0 Å². The highest BCUT2D eigenvalue weighted by molar-refractivity contribution is 7.91. The Hall–Kier alpha value is -2.56. The van der Waals surface area contributed by atoms with Crippen molar-refractivity contribution < 1.29 is 31.1 Å². The summed E-state index contributed by atoms with van der Waals surface area (Å²) >= 11 is 0. The molecule has 206 valence electrons. The first-order valence-corrected chi connectivity index (χ1v) is 14.5. The third-order valence-electron chi connectivity index (χ3n) is 7.24. The minimum atomic E-state index is -4.28. The summed E-state index contributed by atoms with van der Waals surface area (Å²) in [6.45, 7) is 5.28. The Morgan fingerprint density at radius 1 is 1.24 bits per heavy atom. The Kier molecular flexibility index (Phi) is 8.97. The van der Waals surface area contributed by atoms with Crippen LogP contribution in [0.25, 0.3) is 5.69 Å². The molecule has 1 fully saturated rings. The van der Waals surface area contributed by atoms with Crippen LogP contribution in [-0.2, 0) is 22.7 Å². The average molecular weight is 544 g/mol. The topological polar surface area (TPSA) is 90.3 Å². The highest BCUT2D eigenvalue weighted by Gasteiger charge is 2.36. The van der Waals surface area contributed by atoms with Gasteiger partial charge >= 0.3 is 6.18 Å². The van der Waals surface area contributed by atoms with E-state index in [4.69, 9.17) is 4.74 Å². The van der Waals surface area contributed by atoms with Crippen molar-refractivity contribution in [3.8, 4) is 11.4 Å². The lowest BCUT2D eigenvalue weighted by atomic mass is 9.89. The quantitative estimate of drug-likeness (QED) is 0.490. The SMILES string of the molecule is CCc1nc(C(=O)NCC2CCC(S(C)(=O)=O)CC2)c(C)n1-c1ccc(CC(C)C(F)(F)F)cc1OC. The van der Waals surface area contributed by atoms with E-state index in [1.807, 2.05) is 11.5 Å². The Morgan fingerprint density at radius 3 is 2.43 bits per heavy atom. The molecule has 0 aliphatic heterocycles. The van der Waals surface area contributed by atoms with Gasteiger partial charge in [0.15, 0.2) is 0 Å². The van der Waals surface area contributed by atoms with Crippen LogP contribution in [0, 0.1) is 18.8 Å². The molecule has 1 unspecified atom stereocenters. The fraction of sp³-hybridized carbons (Fsp3) is 0.615. The first-order valence-electron chi connectivity index (χ1n) is 12.6. The molecular formula is C26H36F3N3O4S. The number of hydrogen-bond donors (Lipinski definition) is 1. The van der Waals surface area contributed by atoms with Gasteiger partial charge in [-0.2, -0.15) is 13.2 Å². The van der Waals surface area contributed by atoms with Crippen LogP contribution in [0.2, 0.25) is 0 Å². The fourth-order valence-electron chi connectivity index (χ4n) is 4.92. The zero-order chi connectivity index (χ0) is 27.5. The normalized spacial score (nSPS) is 19.5. The Labute approximate surface area is 216 Å². The highest BCUT2D eigenvalue weighted by Crippen LogP contribution is 2.33. The molecule has 0 radical (unpaired) electrons. The Bertz CT molecular complexity index is 1220. The fourth-order valence-corrected chi connectivity index (χ4v) is 6.05. The standard InChI is InChI=1S/C26H36F3N3O4S/c1-6-23-31-24(25(33)30-15-18-7-10-20(11-8-18)37(5,34)35)17(3)32(23)21-12-9-19(14-22(21)36-4)13-16(2)26(27,28)29/h9,12,14,16,18,20H,6-8,10-11,13,15H2,1-5H3,(H,30,33). The van der Waals surface area contributed by atoms with Crippen LogP contribution in [-0.4, -0.2) is 55.2 Å². The number of ether oxygens (including phenoxy) is 1. The van der Waals surface area contributed by atoms with Gasteiger partial charge in [0, 0.05) is 19.2 Å². The van der Waals surface area contributed by atoms with Crippen molar-refractivity contribution in [2.75, 3.05) is 19.9 Å². The number of aryl methyl sites for hydroxylation is 1. The lowest BCUT2D eigenvalue weighted by molar-refractivity contribution is -0.169. The lowest BCUT2D eigenvalue weighted by Gasteiger charge is -2.27. The van der Waals surface area contributed by atoms with Crippen molar-refractivity contribution in [3.63, 3.8) is 0 Å². The molecule has 3 rings (SSSR count). The summed E-state index contributed by atoms with van der Waals surface area (Å²) in [4.78, 5) is 17.6. The van der Waals surface area contributed by atoms with Crippen LogP contribution in [0.3, 0.4) is 0 Å². The number of sulfone groups is 1. The van der Waals surface area contributed by atoms with E-state index in [9.17, 15) is 26.4 Å². The number of nitrogens with zero attached hydrogens (tertiary/aromatic N) is 2. The zero-order valence-corrected chi connectivity index (χ0v) is 22.8. The van der Waals surface area contributed by atoms with Crippen LogP contribution in [0.5, 0.6) is 5.75 Å². The second-order valence-corrected chi connectivity index (χ2v) is 12.3. The van der Waals surface area contributed by atoms with E-state index in [-0.39, 0.29) is 29.2 Å². The van der Waals surface area contributed by atoms with Crippen LogP contribution < -0.4 is 10.1 Å². The third-order valence-corrected chi connectivity index (χ3v) is 8.93. The Morgan fingerprint density at radius 2 is 1.89 bits per heavy atom. The largest absolute Gasteiger partial charge is 0.495 e. The van der Waals surface area contributed by atoms with E-state index in [2.05, 4.69) is 10.3 Å². The maximum atomic E-state index is 13.0. The predicted octanol–water partition coefficient (Wildman–Crippen LogP) is 4.83. The number of carbonyl (C=O) groups excluding carboxylic acids is 1. The van der Waals surface area contributed by atoms with Gasteiger partial charge in [-0.3, -0.25) is 9.36 Å². The van der Waals surface area contributed by atoms with Gasteiger partial charge in [-0.1, -0.05) is 19.9 Å². The number of halogens is 3. The minimum Gasteiger partial charge on any atom is -0.495 e. The van der Waals surface area contributed by atoms with Crippen molar-refractivity contribution in [1.29, 1.82) is 0 Å². The number of alkyl halides is 3. The number of nitrogens with one attached hydrogen (secondary N) is 1. The monoisotopic (exact) mass is 543 g/mol. The van der Waals surface area contributed by atoms with E-state index in [1.54, 1.807) is 25.1 Å². The summed E-state index contributed by atoms with van der Waals surface area (Å²) in [6, 6.07) is 4.95. The van der Waals surface area contributed by atoms with Crippen molar-refractivity contribution in [2.24, 2.45) is 11.8 Å². The molecule has 1 atom stereocenters. The molecule has 1 saturated carbocycles. The molecule has 1 aliphatic carbocycles. The summed E-state index contributed by atoms with van der Waals surface area (Å²) in [7, 11) is -1.58. The zero-order valence-electron chi connectivity index (χ0n) is 22.0. The summed E-state index contributed by atoms with van der Waals surface area (Å²) in [6.07, 6.45) is 0.0375. The summed E-state index contributed by atoms with van der Waals surface area (Å²) in [5, 5.41) is 2.65. The summed E-state index contributed by atoms with van der Waals surface area (Å²) in [5.74, 6) is -0.559. The summed E-state index contributed by atoms with van der Waals surface area (Å²) in [5.41, 5.74) is 1.99. The smallest absolute Gasteiger partial charge is 0.391 e. The molecule has 1 N–H and O–H groups in total. The number of benzene rings is 1. The first-order chi connectivity index (χ1) is 17.3. The molecule has 1 aromatic heterocycles. The molecule has 37 heavy (non-hydrogen) atoms. The molecule has 11 heteroatoms. The van der Waals surface area contributed by atoms with E-state index in [0.29, 0.717) is 54.3 Å². The van der Waals surface area contributed by atoms with Gasteiger partial charge in [0.2, 0.25) is 0 Å². The van der Waals surface area contributed by atoms with E-state index < -0.39 is 21.9 Å². The van der Waals surface area contributed by atoms with Gasteiger partial charge in [0.25, 0.3) is 5.91 Å². The highest BCUT2D eigenvalue weighted by atomic mass is 32.2. The molecule has 0 bridgehead atoms. The molecule has 0 saturated heterocycles. The van der Waals surface area contributed by atoms with Gasteiger partial charge in [-0.05, 0) is 62.6 Å². The first kappa shape index (κ1) is 29.0. The maximum Gasteiger partial charge on any atom is 0.391 e. The third kappa shape index (κ3) is 6.86. The number of hydrogen-bond acceptors (Lipinski definition) is 5. The van der Waals surface area contributed by atoms with Gasteiger partial charge in [0.05, 0.1) is 29.7 Å². The van der Waals surface area contributed by atoms with Gasteiger partial charge in [0.1, 0.15) is 27.1 Å². The minimum absolute atomic E-state index is 0.163. The number of methoxy groups -OCH3 is 1. The van der Waals surface area contributed by atoms with Crippen LogP contribution in [0.1, 0.15) is 67.1 Å². The molecule has 1 aliphatic rings. The van der Waals surface area contributed by atoms with Gasteiger partial charge < -0.3 is 10.1 Å². The van der Waals surface area contributed by atoms with E-state index in [1.165, 1.54) is 13.4 Å². The molecule has 1 heterocycles. The number of carbonyl (C=O) groups is 1. The van der Waals surface area contributed by atoms with Crippen LogP contribution >= 0.6 is 0 Å². The second-order valence-electron chi connectivity index (χ2n) is 9.99. The molecule has 0 spiro atoms. The molecular weight excluding hydrogens is 507 g/mol. The number of aromatic nitrogens is 2. The van der Waals surface area contributed by atoms with Crippen molar-refractivity contribution in [3.05, 3.63) is 41.0 Å². The van der Waals surface area contributed by atoms with Crippen molar-refractivity contribution >= 4 is 15.7 Å². The second kappa shape index (κ2) is 11.4. The van der Waals surface area contributed by atoms with Crippen molar-refractivity contribution in [2.45, 2.75) is 70.7 Å². The van der Waals surface area contributed by atoms with Crippen molar-refractivity contribution in [1.82, 2.24) is 14.9 Å². The maximum absolute atomic E-state index is 13.0. The Balaban J connectivity index is 1.78. The molecule has 2 aromatic rings. The number of imidazole rings is 1. The van der Waals surface area contributed by atoms with Crippen LogP contribution in [0.15, 0.2) is 18.2 Å². The number of rotatable bonds is 9. The summed E-state index contributed by atoms with van der Waals surface area (Å²) < 4.78 is 70.0.